The number of fused-ring (bicyclic) bond motifs is 2. The molecule has 2 amide bonds. The van der Waals surface area contributed by atoms with Crippen LogP contribution in [-0.2, 0) is 22.4 Å². The zero-order chi connectivity index (χ0) is 23.3. The summed E-state index contributed by atoms with van der Waals surface area (Å²) < 4.78 is 46.6. The van der Waals surface area contributed by atoms with Crippen LogP contribution in [-0.4, -0.2) is 41.5 Å². The van der Waals surface area contributed by atoms with Gasteiger partial charge in [0, 0.05) is 16.7 Å². The van der Waals surface area contributed by atoms with Crippen LogP contribution in [0.5, 0.6) is 5.75 Å². The van der Waals surface area contributed by atoms with Gasteiger partial charge in [0.2, 0.25) is 6.41 Å². The first kappa shape index (κ1) is 21.9. The van der Waals surface area contributed by atoms with Crippen LogP contribution in [0.3, 0.4) is 0 Å². The quantitative estimate of drug-likeness (QED) is 0.509. The van der Waals surface area contributed by atoms with Crippen molar-refractivity contribution in [3.8, 4) is 5.75 Å². The summed E-state index contributed by atoms with van der Waals surface area (Å²) in [7, 11) is 1.30. The molecule has 0 atom stereocenters. The number of ether oxygens (including phenoxy) is 1. The van der Waals surface area contributed by atoms with Gasteiger partial charge in [-0.05, 0) is 43.7 Å². The van der Waals surface area contributed by atoms with Gasteiger partial charge in [-0.3, -0.25) is 14.4 Å². The van der Waals surface area contributed by atoms with Crippen molar-refractivity contribution in [2.24, 2.45) is 0 Å². The summed E-state index contributed by atoms with van der Waals surface area (Å²) in [4.78, 5) is 31.2. The van der Waals surface area contributed by atoms with E-state index in [4.69, 9.17) is 9.57 Å². The Morgan fingerprint density at radius 2 is 1.91 bits per heavy atom. The maximum atomic E-state index is 13.5. The Hall–Kier alpha value is -3.33. The maximum Gasteiger partial charge on any atom is 0.416 e. The first-order valence-electron chi connectivity index (χ1n) is 9.87. The minimum absolute atomic E-state index is 0.0991. The molecule has 2 aromatic rings. The van der Waals surface area contributed by atoms with Crippen molar-refractivity contribution >= 4 is 18.0 Å². The summed E-state index contributed by atoms with van der Waals surface area (Å²) in [6.45, 7) is 3.55. The van der Waals surface area contributed by atoms with Crippen LogP contribution in [0.4, 0.5) is 13.2 Å². The lowest BCUT2D eigenvalue weighted by Crippen LogP contribution is -2.43. The molecule has 2 heterocycles. The van der Waals surface area contributed by atoms with E-state index in [9.17, 15) is 22.8 Å². The van der Waals surface area contributed by atoms with Crippen LogP contribution in [0, 0.1) is 0 Å². The summed E-state index contributed by atoms with van der Waals surface area (Å²) >= 11 is 0. The van der Waals surface area contributed by atoms with Crippen LogP contribution in [0.15, 0.2) is 48.0 Å². The number of halogens is 3. The second-order valence-electron chi connectivity index (χ2n) is 8.06. The Balaban J connectivity index is 1.96. The van der Waals surface area contributed by atoms with Gasteiger partial charge in [0.15, 0.2) is 0 Å². The van der Waals surface area contributed by atoms with E-state index in [1.165, 1.54) is 18.1 Å². The SMILES string of the molecule is CON(C=O)CC1=C(N2Cc3ccccc3C2=O)c2cc(C(F)(F)F)ccc2OC1(C)C. The number of carbonyl (C=O) groups is 2. The molecular weight excluding hydrogens is 425 g/mol. The lowest BCUT2D eigenvalue weighted by Gasteiger charge is -2.40. The zero-order valence-corrected chi connectivity index (χ0v) is 17.7. The smallest absolute Gasteiger partial charge is 0.416 e. The molecule has 0 spiro atoms. The van der Waals surface area contributed by atoms with E-state index in [0.29, 0.717) is 17.5 Å². The number of alkyl halides is 3. The van der Waals surface area contributed by atoms with Gasteiger partial charge < -0.3 is 9.64 Å². The molecule has 2 aliphatic rings. The minimum atomic E-state index is -4.58. The molecule has 0 N–H and O–H groups in total. The van der Waals surface area contributed by atoms with Gasteiger partial charge >= 0.3 is 6.18 Å². The number of carbonyl (C=O) groups excluding carboxylic acids is 2. The molecule has 0 fully saturated rings. The lowest BCUT2D eigenvalue weighted by atomic mass is 9.88. The summed E-state index contributed by atoms with van der Waals surface area (Å²) in [5.41, 5.74) is 0.220. The van der Waals surface area contributed by atoms with Crippen molar-refractivity contribution in [2.75, 3.05) is 13.7 Å². The number of hydroxylamine groups is 2. The minimum Gasteiger partial charge on any atom is -0.483 e. The first-order valence-corrected chi connectivity index (χ1v) is 9.87. The van der Waals surface area contributed by atoms with Gasteiger partial charge in [0.05, 0.1) is 31.5 Å². The molecule has 0 saturated carbocycles. The van der Waals surface area contributed by atoms with Crippen LogP contribution in [0.2, 0.25) is 0 Å². The van der Waals surface area contributed by atoms with Gasteiger partial charge in [-0.2, -0.15) is 13.2 Å². The van der Waals surface area contributed by atoms with Gasteiger partial charge in [-0.15, -0.1) is 0 Å². The molecular formula is C23H21F3N2O4. The van der Waals surface area contributed by atoms with Crippen LogP contribution >= 0.6 is 0 Å². The number of rotatable bonds is 5. The molecule has 168 valence electrons. The van der Waals surface area contributed by atoms with Gasteiger partial charge in [0.25, 0.3) is 5.91 Å². The highest BCUT2D eigenvalue weighted by atomic mass is 19.4. The molecule has 2 aromatic carbocycles. The van der Waals surface area contributed by atoms with Crippen LogP contribution in [0.1, 0.15) is 40.9 Å². The Kier molecular flexibility index (Phi) is 5.24. The average Bonchev–Trinajstić information content (AvgIpc) is 3.07. The highest BCUT2D eigenvalue weighted by Crippen LogP contribution is 2.46. The van der Waals surface area contributed by atoms with Crippen LogP contribution < -0.4 is 4.74 Å². The molecule has 0 radical (unpaired) electrons. The topological polar surface area (TPSA) is 59.1 Å². The number of amides is 2. The fourth-order valence-electron chi connectivity index (χ4n) is 4.07. The molecule has 0 bridgehead atoms. The third kappa shape index (κ3) is 3.62. The van der Waals surface area contributed by atoms with E-state index in [1.54, 1.807) is 38.1 Å². The van der Waals surface area contributed by atoms with Crippen molar-refractivity contribution in [3.05, 3.63) is 70.3 Å². The second kappa shape index (κ2) is 7.67. The largest absolute Gasteiger partial charge is 0.483 e. The van der Waals surface area contributed by atoms with E-state index in [2.05, 4.69) is 0 Å². The van der Waals surface area contributed by atoms with Crippen molar-refractivity contribution in [1.82, 2.24) is 9.96 Å². The summed E-state index contributed by atoms with van der Waals surface area (Å²) in [6.07, 6.45) is -4.12. The Labute approximate surface area is 182 Å². The predicted octanol–water partition coefficient (Wildman–Crippen LogP) is 4.26. The molecule has 9 heteroatoms. The summed E-state index contributed by atoms with van der Waals surface area (Å²) in [5, 5.41) is 0.993. The summed E-state index contributed by atoms with van der Waals surface area (Å²) in [6, 6.07) is 10.2. The first-order chi connectivity index (χ1) is 15.1. The summed E-state index contributed by atoms with van der Waals surface area (Å²) in [5.74, 6) is -0.107. The third-order valence-corrected chi connectivity index (χ3v) is 5.70. The van der Waals surface area contributed by atoms with Crippen LogP contribution in [0.25, 0.3) is 5.70 Å². The van der Waals surface area contributed by atoms with E-state index in [-0.39, 0.29) is 36.0 Å². The molecule has 0 saturated heterocycles. The number of hydrogen-bond acceptors (Lipinski definition) is 4. The Bertz CT molecular complexity index is 1120. The lowest BCUT2D eigenvalue weighted by molar-refractivity contribution is -0.159. The Morgan fingerprint density at radius 3 is 2.53 bits per heavy atom. The van der Waals surface area contributed by atoms with Crippen molar-refractivity contribution in [2.45, 2.75) is 32.2 Å². The van der Waals surface area contributed by atoms with Gasteiger partial charge in [0.1, 0.15) is 11.4 Å². The number of benzene rings is 2. The molecule has 2 aliphatic heterocycles. The van der Waals surface area contributed by atoms with E-state index >= 15 is 0 Å². The third-order valence-electron chi connectivity index (χ3n) is 5.70. The van der Waals surface area contributed by atoms with Crippen molar-refractivity contribution in [1.29, 1.82) is 0 Å². The highest BCUT2D eigenvalue weighted by Gasteiger charge is 2.43. The molecule has 0 aromatic heterocycles. The fourth-order valence-corrected chi connectivity index (χ4v) is 4.07. The Morgan fingerprint density at radius 1 is 1.19 bits per heavy atom. The molecule has 32 heavy (non-hydrogen) atoms. The number of hydrogen-bond donors (Lipinski definition) is 0. The van der Waals surface area contributed by atoms with Gasteiger partial charge in [-0.25, -0.2) is 5.06 Å². The standard InChI is InChI=1S/C23H21F3N2O4/c1-22(2)18(12-27(13-29)31-3)20(28-11-14-6-4-5-7-16(14)21(28)30)17-10-15(23(24,25)26)8-9-19(17)32-22/h4-10,13H,11-12H2,1-3H3. The fraction of sp³-hybridized carbons (Fsp3) is 0.304. The second-order valence-corrected chi connectivity index (χ2v) is 8.06. The molecule has 0 aliphatic carbocycles. The zero-order valence-electron chi connectivity index (χ0n) is 17.7. The van der Waals surface area contributed by atoms with Crippen molar-refractivity contribution in [3.63, 3.8) is 0 Å². The normalized spacial score (nSPS) is 17.1. The van der Waals surface area contributed by atoms with E-state index in [0.717, 1.165) is 22.8 Å². The van der Waals surface area contributed by atoms with Gasteiger partial charge in [-0.1, -0.05) is 18.2 Å². The highest BCUT2D eigenvalue weighted by molar-refractivity contribution is 6.04. The predicted molar refractivity (Wildman–Crippen MR) is 109 cm³/mol. The van der Waals surface area contributed by atoms with E-state index < -0.39 is 17.3 Å². The monoisotopic (exact) mass is 446 g/mol. The average molecular weight is 446 g/mol. The molecule has 0 unspecified atom stereocenters. The van der Waals surface area contributed by atoms with E-state index in [1.807, 2.05) is 0 Å². The maximum absolute atomic E-state index is 13.5. The van der Waals surface area contributed by atoms with Crippen molar-refractivity contribution < 1.29 is 32.3 Å². The molecule has 6 nitrogen and oxygen atoms in total. The molecule has 4 rings (SSSR count). The number of nitrogens with zero attached hydrogens (tertiary/aromatic N) is 2.